The topological polar surface area (TPSA) is 37.5 Å². The summed E-state index contributed by atoms with van der Waals surface area (Å²) >= 11 is 0. The number of nitrogens with zero attached hydrogens (tertiary/aromatic N) is 1. The Morgan fingerprint density at radius 1 is 1.18 bits per heavy atom. The molecule has 0 radical (unpaired) electrons. The zero-order chi connectivity index (χ0) is 11.9. The third-order valence-corrected chi connectivity index (χ3v) is 2.21. The highest BCUT2D eigenvalue weighted by atomic mass is 16.3. The van der Waals surface area contributed by atoms with Gasteiger partial charge in [-0.1, -0.05) is 17.7 Å². The molecule has 0 spiro atoms. The molecule has 17 heavy (non-hydrogen) atoms. The Balaban J connectivity index is 1.84. The van der Waals surface area contributed by atoms with Crippen LogP contribution in [0, 0.1) is 6.92 Å². The van der Waals surface area contributed by atoms with Crippen molar-refractivity contribution in [1.29, 1.82) is 0 Å². The first-order chi connectivity index (χ1) is 8.34. The number of furan rings is 1. The molecule has 2 rings (SSSR count). The summed E-state index contributed by atoms with van der Waals surface area (Å²) in [5.41, 5.74) is 5.14. The minimum Gasteiger partial charge on any atom is -0.465 e. The fraction of sp³-hybridized carbons (Fsp3) is 0.0714. The molecule has 0 aliphatic carbocycles. The molecule has 0 unspecified atom stereocenters. The normalized spacial score (nSPS) is 11.4. The predicted octanol–water partition coefficient (Wildman–Crippen LogP) is 3.70. The van der Waals surface area contributed by atoms with Crippen molar-refractivity contribution in [2.75, 3.05) is 5.43 Å². The molecule has 0 saturated heterocycles. The number of anilines is 1. The fourth-order valence-corrected chi connectivity index (χ4v) is 1.31. The van der Waals surface area contributed by atoms with Gasteiger partial charge in [-0.15, -0.1) is 0 Å². The number of nitrogens with one attached hydrogen (secondary N) is 1. The summed E-state index contributed by atoms with van der Waals surface area (Å²) in [5.74, 6) is 0.812. The van der Waals surface area contributed by atoms with Crippen molar-refractivity contribution in [3.63, 3.8) is 0 Å². The molecular formula is C14H14N2O. The Hall–Kier alpha value is -2.29. The Morgan fingerprint density at radius 2 is 2.00 bits per heavy atom. The summed E-state index contributed by atoms with van der Waals surface area (Å²) < 4.78 is 5.14. The van der Waals surface area contributed by atoms with Gasteiger partial charge in [-0.25, -0.2) is 0 Å². The molecule has 0 bridgehead atoms. The number of rotatable bonds is 4. The molecule has 1 heterocycles. The van der Waals surface area contributed by atoms with E-state index in [2.05, 4.69) is 17.5 Å². The largest absolute Gasteiger partial charge is 0.465 e. The SMILES string of the molecule is Cc1ccc(NN=C/C=C/c2ccco2)cc1. The van der Waals surface area contributed by atoms with Crippen LogP contribution in [-0.4, -0.2) is 6.21 Å². The van der Waals surface area contributed by atoms with Crippen LogP contribution < -0.4 is 5.43 Å². The number of hydrogen-bond donors (Lipinski definition) is 1. The van der Waals surface area contributed by atoms with Gasteiger partial charge < -0.3 is 4.42 Å². The monoisotopic (exact) mass is 226 g/mol. The van der Waals surface area contributed by atoms with Crippen molar-refractivity contribution in [2.24, 2.45) is 5.10 Å². The smallest absolute Gasteiger partial charge is 0.126 e. The van der Waals surface area contributed by atoms with Gasteiger partial charge in [-0.05, 0) is 43.3 Å². The van der Waals surface area contributed by atoms with Crippen molar-refractivity contribution in [2.45, 2.75) is 6.92 Å². The maximum atomic E-state index is 5.14. The van der Waals surface area contributed by atoms with E-state index in [0.29, 0.717) is 0 Å². The molecule has 2 aromatic rings. The molecule has 1 aromatic carbocycles. The van der Waals surface area contributed by atoms with Crippen LogP contribution in [0.5, 0.6) is 0 Å². The Kier molecular flexibility index (Phi) is 3.76. The Bertz CT molecular complexity index is 496. The van der Waals surface area contributed by atoms with Crippen LogP contribution in [0.3, 0.4) is 0 Å². The predicted molar refractivity (Wildman–Crippen MR) is 71.0 cm³/mol. The first-order valence-electron chi connectivity index (χ1n) is 5.40. The molecule has 1 aromatic heterocycles. The van der Waals surface area contributed by atoms with E-state index >= 15 is 0 Å². The Morgan fingerprint density at radius 3 is 2.71 bits per heavy atom. The summed E-state index contributed by atoms with van der Waals surface area (Å²) in [6, 6.07) is 11.8. The lowest BCUT2D eigenvalue weighted by atomic mass is 10.2. The second-order valence-electron chi connectivity index (χ2n) is 3.63. The van der Waals surface area contributed by atoms with Crippen molar-refractivity contribution < 1.29 is 4.42 Å². The maximum Gasteiger partial charge on any atom is 0.126 e. The number of aryl methyl sites for hydroxylation is 1. The standard InChI is InChI=1S/C14H14N2O/c1-12-6-8-13(9-7-12)16-15-10-2-4-14-5-3-11-17-14/h2-11,16H,1H3/b4-2+,15-10?. The lowest BCUT2D eigenvalue weighted by Gasteiger charge is -1.98. The summed E-state index contributed by atoms with van der Waals surface area (Å²) in [6.45, 7) is 2.05. The highest BCUT2D eigenvalue weighted by molar-refractivity contribution is 5.78. The number of allylic oxidation sites excluding steroid dienone is 1. The van der Waals surface area contributed by atoms with Crippen molar-refractivity contribution in [3.05, 3.63) is 60.1 Å². The van der Waals surface area contributed by atoms with Crippen LogP contribution in [0.4, 0.5) is 5.69 Å². The zero-order valence-corrected chi connectivity index (χ0v) is 9.63. The van der Waals surface area contributed by atoms with E-state index in [1.54, 1.807) is 12.5 Å². The van der Waals surface area contributed by atoms with Gasteiger partial charge in [0, 0.05) is 6.21 Å². The van der Waals surface area contributed by atoms with Crippen LogP contribution >= 0.6 is 0 Å². The quantitative estimate of drug-likeness (QED) is 0.637. The highest BCUT2D eigenvalue weighted by Crippen LogP contribution is 2.07. The van der Waals surface area contributed by atoms with Gasteiger partial charge in [-0.2, -0.15) is 5.10 Å². The van der Waals surface area contributed by atoms with Gasteiger partial charge in [0.05, 0.1) is 12.0 Å². The van der Waals surface area contributed by atoms with Gasteiger partial charge in [0.2, 0.25) is 0 Å². The van der Waals surface area contributed by atoms with E-state index in [-0.39, 0.29) is 0 Å². The van der Waals surface area contributed by atoms with Crippen LogP contribution in [0.15, 0.2) is 58.3 Å². The molecule has 86 valence electrons. The molecular weight excluding hydrogens is 212 g/mol. The summed E-state index contributed by atoms with van der Waals surface area (Å²) in [4.78, 5) is 0. The van der Waals surface area contributed by atoms with Crippen LogP contribution in [0.2, 0.25) is 0 Å². The second-order valence-corrected chi connectivity index (χ2v) is 3.63. The summed E-state index contributed by atoms with van der Waals surface area (Å²) in [6.07, 6.45) is 6.99. The van der Waals surface area contributed by atoms with E-state index < -0.39 is 0 Å². The summed E-state index contributed by atoms with van der Waals surface area (Å²) in [7, 11) is 0. The highest BCUT2D eigenvalue weighted by Gasteiger charge is 1.87. The molecule has 0 aliphatic rings. The first kappa shape index (κ1) is 11.2. The number of hydrogen-bond acceptors (Lipinski definition) is 3. The first-order valence-corrected chi connectivity index (χ1v) is 5.40. The molecule has 3 heteroatoms. The van der Waals surface area contributed by atoms with Crippen molar-refractivity contribution in [3.8, 4) is 0 Å². The Labute approximate surface area is 100 Å². The van der Waals surface area contributed by atoms with E-state index in [1.165, 1.54) is 5.56 Å². The van der Waals surface area contributed by atoms with Gasteiger partial charge in [0.25, 0.3) is 0 Å². The van der Waals surface area contributed by atoms with E-state index in [1.807, 2.05) is 48.6 Å². The molecule has 0 aliphatic heterocycles. The second kappa shape index (κ2) is 5.70. The molecule has 0 amide bonds. The lowest BCUT2D eigenvalue weighted by Crippen LogP contribution is -1.87. The van der Waals surface area contributed by atoms with Gasteiger partial charge in [0.1, 0.15) is 5.76 Å². The van der Waals surface area contributed by atoms with Crippen LogP contribution in [-0.2, 0) is 0 Å². The van der Waals surface area contributed by atoms with Crippen molar-refractivity contribution in [1.82, 2.24) is 0 Å². The van der Waals surface area contributed by atoms with E-state index in [9.17, 15) is 0 Å². The van der Waals surface area contributed by atoms with Crippen LogP contribution in [0.25, 0.3) is 6.08 Å². The van der Waals surface area contributed by atoms with Gasteiger partial charge in [-0.3, -0.25) is 5.43 Å². The third-order valence-electron chi connectivity index (χ3n) is 2.21. The molecule has 0 atom stereocenters. The minimum atomic E-state index is 0.812. The maximum absolute atomic E-state index is 5.14. The summed E-state index contributed by atoms with van der Waals surface area (Å²) in [5, 5.41) is 4.07. The fourth-order valence-electron chi connectivity index (χ4n) is 1.31. The van der Waals surface area contributed by atoms with Crippen molar-refractivity contribution >= 4 is 18.0 Å². The van der Waals surface area contributed by atoms with Gasteiger partial charge in [0.15, 0.2) is 0 Å². The number of benzene rings is 1. The van der Waals surface area contributed by atoms with Crippen LogP contribution in [0.1, 0.15) is 11.3 Å². The minimum absolute atomic E-state index is 0.812. The molecule has 1 N–H and O–H groups in total. The van der Waals surface area contributed by atoms with E-state index in [4.69, 9.17) is 4.42 Å². The molecule has 0 saturated carbocycles. The lowest BCUT2D eigenvalue weighted by molar-refractivity contribution is 0.557. The molecule has 3 nitrogen and oxygen atoms in total. The molecule has 0 fully saturated rings. The van der Waals surface area contributed by atoms with Gasteiger partial charge >= 0.3 is 0 Å². The average Bonchev–Trinajstić information content (AvgIpc) is 2.84. The number of hydrazone groups is 1. The third kappa shape index (κ3) is 3.65. The average molecular weight is 226 g/mol. The zero-order valence-electron chi connectivity index (χ0n) is 9.63. The van der Waals surface area contributed by atoms with E-state index in [0.717, 1.165) is 11.4 Å².